The molecule has 0 bridgehead atoms. The third kappa shape index (κ3) is 5.75. The molecule has 5 rings (SSSR count). The van der Waals surface area contributed by atoms with Gasteiger partial charge in [-0.25, -0.2) is 36.5 Å². The van der Waals surface area contributed by atoms with Crippen LogP contribution in [0, 0.1) is 11.6 Å². The van der Waals surface area contributed by atoms with E-state index in [2.05, 4.69) is 21.5 Å². The van der Waals surface area contributed by atoms with Gasteiger partial charge in [0.15, 0.2) is 26.5 Å². The topological polar surface area (TPSA) is 118 Å². The van der Waals surface area contributed by atoms with Crippen molar-refractivity contribution in [1.29, 1.82) is 0 Å². The summed E-state index contributed by atoms with van der Waals surface area (Å²) in [6.45, 7) is 5.53. The van der Waals surface area contributed by atoms with Gasteiger partial charge in [0.2, 0.25) is 5.91 Å². The van der Waals surface area contributed by atoms with Gasteiger partial charge in [0.25, 0.3) is 0 Å². The molecule has 10 nitrogen and oxygen atoms in total. The van der Waals surface area contributed by atoms with E-state index >= 15 is 8.78 Å². The first-order valence-corrected chi connectivity index (χ1v) is 15.3. The van der Waals surface area contributed by atoms with Gasteiger partial charge in [0.1, 0.15) is 23.0 Å². The number of nitrogens with zero attached hydrogens (tertiary/aromatic N) is 6. The van der Waals surface area contributed by atoms with Crippen LogP contribution in [0.25, 0.3) is 28.0 Å². The highest BCUT2D eigenvalue weighted by molar-refractivity contribution is 7.90. The molecule has 0 spiro atoms. The van der Waals surface area contributed by atoms with Crippen molar-refractivity contribution in [3.63, 3.8) is 0 Å². The number of rotatable bonds is 5. The van der Waals surface area contributed by atoms with E-state index in [0.717, 1.165) is 36.7 Å². The molecule has 1 amide bonds. The first kappa shape index (κ1) is 32.0. The minimum atomic E-state index is -5.13. The van der Waals surface area contributed by atoms with Crippen molar-refractivity contribution in [2.45, 2.75) is 24.0 Å². The minimum absolute atomic E-state index is 0.0867. The molecule has 3 aromatic heterocycles. The van der Waals surface area contributed by atoms with Gasteiger partial charge < -0.3 is 9.80 Å². The van der Waals surface area contributed by atoms with Crippen LogP contribution >= 0.6 is 11.6 Å². The van der Waals surface area contributed by atoms with E-state index in [0.29, 0.717) is 16.7 Å². The number of aromatic nitrogens is 4. The summed E-state index contributed by atoms with van der Waals surface area (Å²) in [6, 6.07) is 3.27. The standard InChI is InChI=1S/C28H22ClF5N6O4S/c1-4-20(41)38-10-11-39(14(2)13-38)25-15-12-18(31)22(21-16(28(32,33)34)6-5-7-17(21)30)36-26(15)40(27(42)37-25)23-19(45(3,43)44)8-9-35-24(23)29/h4-9,12,14H,1,10-11,13H2,2-3H3/t14-/m0/s1. The number of benzene rings is 1. The van der Waals surface area contributed by atoms with Crippen molar-refractivity contribution in [2.75, 3.05) is 30.8 Å². The van der Waals surface area contributed by atoms with E-state index in [9.17, 15) is 31.2 Å². The first-order chi connectivity index (χ1) is 21.0. The highest BCUT2D eigenvalue weighted by Crippen LogP contribution is 2.40. The number of fused-ring (bicyclic) bond motifs is 1. The number of carbonyl (C=O) groups excluding carboxylic acids is 1. The molecule has 1 aliphatic rings. The Labute approximate surface area is 257 Å². The fraction of sp³-hybridized carbons (Fsp3) is 0.250. The first-order valence-electron chi connectivity index (χ1n) is 13.1. The van der Waals surface area contributed by atoms with E-state index in [1.807, 2.05) is 0 Å². The SMILES string of the molecule is C=CC(=O)N1CCN(c2nc(=O)n(-c3c(S(C)(=O)=O)ccnc3Cl)c3nc(-c4c(F)cccc4C(F)(F)F)c(F)cc23)[C@@H](C)C1. The Kier molecular flexibility index (Phi) is 8.16. The molecule has 1 fully saturated rings. The van der Waals surface area contributed by atoms with Gasteiger partial charge in [0.05, 0.1) is 21.4 Å². The molecular weight excluding hydrogens is 647 g/mol. The maximum atomic E-state index is 15.9. The maximum Gasteiger partial charge on any atom is 0.417 e. The van der Waals surface area contributed by atoms with Crippen LogP contribution in [-0.2, 0) is 20.8 Å². The highest BCUT2D eigenvalue weighted by Gasteiger charge is 2.37. The summed E-state index contributed by atoms with van der Waals surface area (Å²) >= 11 is 6.28. The number of halogens is 6. The minimum Gasteiger partial charge on any atom is -0.350 e. The van der Waals surface area contributed by atoms with Crippen molar-refractivity contribution in [3.05, 3.63) is 82.0 Å². The molecule has 1 saturated heterocycles. The second-order valence-corrected chi connectivity index (χ2v) is 12.5. The van der Waals surface area contributed by atoms with Gasteiger partial charge in [-0.1, -0.05) is 24.2 Å². The Balaban J connectivity index is 1.89. The van der Waals surface area contributed by atoms with Crippen molar-refractivity contribution in [3.8, 4) is 16.9 Å². The lowest BCUT2D eigenvalue weighted by atomic mass is 10.0. The number of hydrogen-bond acceptors (Lipinski definition) is 8. The second-order valence-electron chi connectivity index (χ2n) is 10.2. The zero-order valence-electron chi connectivity index (χ0n) is 23.4. The summed E-state index contributed by atoms with van der Waals surface area (Å²) in [5, 5.41) is -0.759. The Hall–Kier alpha value is -4.44. The van der Waals surface area contributed by atoms with E-state index in [1.54, 1.807) is 11.8 Å². The Morgan fingerprint density at radius 2 is 1.84 bits per heavy atom. The molecule has 236 valence electrons. The molecule has 0 N–H and O–H groups in total. The molecule has 4 aromatic rings. The average Bonchev–Trinajstić information content (AvgIpc) is 2.96. The number of pyridine rings is 2. The van der Waals surface area contributed by atoms with Crippen molar-refractivity contribution < 1.29 is 35.2 Å². The van der Waals surface area contributed by atoms with Gasteiger partial charge in [-0.2, -0.15) is 18.2 Å². The smallest absolute Gasteiger partial charge is 0.350 e. The fourth-order valence-corrected chi connectivity index (χ4v) is 6.36. The summed E-state index contributed by atoms with van der Waals surface area (Å²) in [5.74, 6) is -3.35. The van der Waals surface area contributed by atoms with Crippen LogP contribution in [0.3, 0.4) is 0 Å². The van der Waals surface area contributed by atoms with Gasteiger partial charge in [0, 0.05) is 38.1 Å². The van der Waals surface area contributed by atoms with Gasteiger partial charge in [-0.15, -0.1) is 0 Å². The molecule has 4 heterocycles. The predicted octanol–water partition coefficient (Wildman–Crippen LogP) is 4.42. The van der Waals surface area contributed by atoms with E-state index in [4.69, 9.17) is 11.6 Å². The third-order valence-corrected chi connectivity index (χ3v) is 8.61. The Morgan fingerprint density at radius 3 is 2.47 bits per heavy atom. The van der Waals surface area contributed by atoms with Crippen LogP contribution in [0.5, 0.6) is 0 Å². The highest BCUT2D eigenvalue weighted by atomic mass is 35.5. The average molecular weight is 669 g/mol. The number of amides is 1. The summed E-state index contributed by atoms with van der Waals surface area (Å²) < 4.78 is 98.8. The lowest BCUT2D eigenvalue weighted by Gasteiger charge is -2.40. The Bertz CT molecular complexity index is 2050. The number of hydrogen-bond donors (Lipinski definition) is 0. The monoisotopic (exact) mass is 668 g/mol. The molecule has 0 radical (unpaired) electrons. The van der Waals surface area contributed by atoms with Crippen LogP contribution in [0.4, 0.5) is 27.8 Å². The molecular formula is C28H22ClF5N6O4S. The molecule has 0 aliphatic carbocycles. The van der Waals surface area contributed by atoms with Crippen LogP contribution < -0.4 is 10.6 Å². The largest absolute Gasteiger partial charge is 0.417 e. The number of sulfone groups is 1. The molecule has 0 unspecified atom stereocenters. The lowest BCUT2D eigenvalue weighted by molar-refractivity contribution is -0.137. The number of alkyl halides is 3. The van der Waals surface area contributed by atoms with Gasteiger partial charge >= 0.3 is 11.9 Å². The van der Waals surface area contributed by atoms with Crippen LogP contribution in [-0.4, -0.2) is 70.7 Å². The molecule has 1 aromatic carbocycles. The van der Waals surface area contributed by atoms with Crippen LogP contribution in [0.2, 0.25) is 5.15 Å². The molecule has 1 atom stereocenters. The summed E-state index contributed by atoms with van der Waals surface area (Å²) in [4.78, 5) is 40.5. The lowest BCUT2D eigenvalue weighted by Crippen LogP contribution is -2.54. The van der Waals surface area contributed by atoms with Crippen molar-refractivity contribution >= 4 is 44.2 Å². The summed E-state index contributed by atoms with van der Waals surface area (Å²) in [5.41, 5.74) is -6.18. The van der Waals surface area contributed by atoms with E-state index in [-0.39, 0.29) is 36.7 Å². The van der Waals surface area contributed by atoms with Crippen LogP contribution in [0.15, 0.2) is 58.9 Å². The molecule has 45 heavy (non-hydrogen) atoms. The second kappa shape index (κ2) is 11.5. The van der Waals surface area contributed by atoms with Crippen LogP contribution in [0.1, 0.15) is 12.5 Å². The van der Waals surface area contributed by atoms with E-state index < -0.39 is 77.6 Å². The zero-order valence-corrected chi connectivity index (χ0v) is 25.0. The predicted molar refractivity (Wildman–Crippen MR) is 155 cm³/mol. The normalized spacial score (nSPS) is 15.9. The third-order valence-electron chi connectivity index (χ3n) is 7.21. The van der Waals surface area contributed by atoms with Crippen molar-refractivity contribution in [1.82, 2.24) is 24.4 Å². The molecule has 0 saturated carbocycles. The van der Waals surface area contributed by atoms with Gasteiger partial charge in [-0.05, 0) is 37.3 Å². The van der Waals surface area contributed by atoms with E-state index in [1.165, 1.54) is 4.90 Å². The number of anilines is 1. The number of piperazine rings is 1. The summed E-state index contributed by atoms with van der Waals surface area (Å²) in [6.07, 6.45) is -2.13. The van der Waals surface area contributed by atoms with Gasteiger partial charge in [-0.3, -0.25) is 4.79 Å². The zero-order chi connectivity index (χ0) is 33.0. The number of carbonyl (C=O) groups is 1. The fourth-order valence-electron chi connectivity index (χ4n) is 5.22. The maximum absolute atomic E-state index is 15.9. The molecule has 1 aliphatic heterocycles. The molecule has 17 heteroatoms. The Morgan fingerprint density at radius 1 is 1.13 bits per heavy atom. The summed E-state index contributed by atoms with van der Waals surface area (Å²) in [7, 11) is -4.13. The quantitative estimate of drug-likeness (QED) is 0.174. The van der Waals surface area contributed by atoms with Crippen molar-refractivity contribution in [2.24, 2.45) is 0 Å².